The summed E-state index contributed by atoms with van der Waals surface area (Å²) in [5, 5.41) is 0. The third-order valence-corrected chi connectivity index (χ3v) is 4.07. The Hall–Kier alpha value is 0. The lowest BCUT2D eigenvalue weighted by atomic mass is 9.72. The van der Waals surface area contributed by atoms with Crippen molar-refractivity contribution < 1.29 is 0 Å². The maximum atomic E-state index is 2.48. The normalized spacial score (nSPS) is 42.0. The first kappa shape index (κ1) is 7.64. The van der Waals surface area contributed by atoms with Crippen LogP contribution in [0.5, 0.6) is 0 Å². The summed E-state index contributed by atoms with van der Waals surface area (Å²) < 4.78 is 0. The van der Waals surface area contributed by atoms with Gasteiger partial charge in [-0.1, -0.05) is 33.1 Å². The van der Waals surface area contributed by atoms with Gasteiger partial charge in [0.25, 0.3) is 0 Å². The summed E-state index contributed by atoms with van der Waals surface area (Å²) in [6.45, 7) is 4.95. The van der Waals surface area contributed by atoms with Crippen LogP contribution in [0.2, 0.25) is 0 Å². The van der Waals surface area contributed by atoms with Crippen molar-refractivity contribution >= 4 is 0 Å². The first-order valence-corrected chi connectivity index (χ1v) is 5.20. The average molecular weight is 152 g/mol. The zero-order valence-electron chi connectivity index (χ0n) is 7.90. The minimum Gasteiger partial charge on any atom is -0.0596 e. The lowest BCUT2D eigenvalue weighted by molar-refractivity contribution is 0.164. The molecule has 0 spiro atoms. The first-order chi connectivity index (χ1) is 5.20. The molecule has 0 nitrogen and oxygen atoms in total. The molecule has 2 rings (SSSR count). The molecule has 0 saturated heterocycles. The maximum absolute atomic E-state index is 2.48. The molecule has 0 aromatic carbocycles. The maximum Gasteiger partial charge on any atom is -0.0323 e. The fourth-order valence-corrected chi connectivity index (χ4v) is 3.32. The van der Waals surface area contributed by atoms with Crippen molar-refractivity contribution in [1.82, 2.24) is 0 Å². The van der Waals surface area contributed by atoms with Gasteiger partial charge in [0.05, 0.1) is 0 Å². The molecule has 2 fully saturated rings. The van der Waals surface area contributed by atoms with E-state index in [1.54, 1.807) is 0 Å². The monoisotopic (exact) mass is 152 g/mol. The molecule has 0 radical (unpaired) electrons. The van der Waals surface area contributed by atoms with Gasteiger partial charge in [-0.15, -0.1) is 0 Å². The molecule has 0 amide bonds. The highest BCUT2D eigenvalue weighted by atomic mass is 14.5. The minimum absolute atomic E-state index is 0.686. The van der Waals surface area contributed by atoms with Gasteiger partial charge in [0.15, 0.2) is 0 Å². The molecule has 0 heterocycles. The molecule has 64 valence electrons. The van der Waals surface area contributed by atoms with Gasteiger partial charge in [0.2, 0.25) is 0 Å². The van der Waals surface area contributed by atoms with E-state index in [2.05, 4.69) is 13.8 Å². The summed E-state index contributed by atoms with van der Waals surface area (Å²) in [6.07, 6.45) is 9.09. The highest BCUT2D eigenvalue weighted by Gasteiger charge is 2.42. The van der Waals surface area contributed by atoms with Crippen LogP contribution in [-0.2, 0) is 0 Å². The Morgan fingerprint density at radius 2 is 1.73 bits per heavy atom. The molecule has 0 bridgehead atoms. The number of fused-ring (bicyclic) bond motifs is 1. The Bertz CT molecular complexity index is 146. The molecule has 0 heteroatoms. The van der Waals surface area contributed by atoms with E-state index < -0.39 is 0 Å². The van der Waals surface area contributed by atoms with Gasteiger partial charge in [0.1, 0.15) is 0 Å². The quantitative estimate of drug-likeness (QED) is 0.497. The second-order valence-corrected chi connectivity index (χ2v) is 5.18. The second-order valence-electron chi connectivity index (χ2n) is 5.18. The van der Waals surface area contributed by atoms with Crippen LogP contribution in [0.4, 0.5) is 0 Å². The van der Waals surface area contributed by atoms with Gasteiger partial charge in [-0.2, -0.15) is 0 Å². The van der Waals surface area contributed by atoms with Crippen LogP contribution < -0.4 is 0 Å². The molecule has 2 saturated carbocycles. The number of rotatable bonds is 0. The summed E-state index contributed by atoms with van der Waals surface area (Å²) in [5.41, 5.74) is 0.686. The van der Waals surface area contributed by atoms with Gasteiger partial charge in [0, 0.05) is 0 Å². The van der Waals surface area contributed by atoms with Crippen molar-refractivity contribution in [2.75, 3.05) is 0 Å². The molecule has 2 atom stereocenters. The molecular formula is C11H20. The third-order valence-electron chi connectivity index (χ3n) is 4.07. The van der Waals surface area contributed by atoms with Gasteiger partial charge in [-0.25, -0.2) is 0 Å². The van der Waals surface area contributed by atoms with E-state index in [1.807, 2.05) is 0 Å². The minimum atomic E-state index is 0.686. The predicted octanol–water partition coefficient (Wildman–Crippen LogP) is 3.61. The average Bonchev–Trinajstić information content (AvgIpc) is 2.29. The van der Waals surface area contributed by atoms with Crippen molar-refractivity contribution in [2.24, 2.45) is 17.3 Å². The number of hydrogen-bond acceptors (Lipinski definition) is 0. The van der Waals surface area contributed by atoms with Crippen LogP contribution >= 0.6 is 0 Å². The zero-order valence-corrected chi connectivity index (χ0v) is 7.90. The summed E-state index contributed by atoms with van der Waals surface area (Å²) in [6, 6.07) is 0. The lowest BCUT2D eigenvalue weighted by Crippen LogP contribution is -2.24. The van der Waals surface area contributed by atoms with E-state index in [1.165, 1.54) is 38.5 Å². The fourth-order valence-electron chi connectivity index (χ4n) is 3.32. The van der Waals surface area contributed by atoms with Gasteiger partial charge in [-0.05, 0) is 36.5 Å². The molecule has 2 aliphatic rings. The van der Waals surface area contributed by atoms with E-state index in [0.29, 0.717) is 5.41 Å². The van der Waals surface area contributed by atoms with Crippen LogP contribution in [0, 0.1) is 17.3 Å². The smallest absolute Gasteiger partial charge is 0.0323 e. The highest BCUT2D eigenvalue weighted by molar-refractivity contribution is 4.92. The van der Waals surface area contributed by atoms with E-state index in [-0.39, 0.29) is 0 Å². The second kappa shape index (κ2) is 2.50. The van der Waals surface area contributed by atoms with Gasteiger partial charge in [-0.3, -0.25) is 0 Å². The van der Waals surface area contributed by atoms with E-state index in [4.69, 9.17) is 0 Å². The van der Waals surface area contributed by atoms with Gasteiger partial charge < -0.3 is 0 Å². The van der Waals surface area contributed by atoms with Crippen molar-refractivity contribution in [3.05, 3.63) is 0 Å². The highest BCUT2D eigenvalue weighted by Crippen LogP contribution is 2.52. The SMILES string of the molecule is CC1(C)CCC2CCCCC21. The summed E-state index contributed by atoms with van der Waals surface area (Å²) in [4.78, 5) is 0. The standard InChI is InChI=1S/C11H20/c1-11(2)8-7-9-5-3-4-6-10(9)11/h9-10H,3-8H2,1-2H3. The Kier molecular flexibility index (Phi) is 1.74. The van der Waals surface area contributed by atoms with Crippen LogP contribution in [0.15, 0.2) is 0 Å². The Labute approximate surface area is 70.4 Å². The lowest BCUT2D eigenvalue weighted by Gasteiger charge is -2.34. The molecule has 0 aromatic heterocycles. The third kappa shape index (κ3) is 1.21. The van der Waals surface area contributed by atoms with Crippen molar-refractivity contribution in [1.29, 1.82) is 0 Å². The Balaban J connectivity index is 2.10. The zero-order chi connectivity index (χ0) is 7.90. The molecule has 11 heavy (non-hydrogen) atoms. The van der Waals surface area contributed by atoms with E-state index in [0.717, 1.165) is 11.8 Å². The summed E-state index contributed by atoms with van der Waals surface area (Å²) >= 11 is 0. The molecule has 0 aromatic rings. The molecule has 0 aliphatic heterocycles. The largest absolute Gasteiger partial charge is 0.0596 e. The van der Waals surface area contributed by atoms with E-state index in [9.17, 15) is 0 Å². The summed E-state index contributed by atoms with van der Waals surface area (Å²) in [5.74, 6) is 2.19. The first-order valence-electron chi connectivity index (χ1n) is 5.20. The molecule has 2 unspecified atom stereocenters. The van der Waals surface area contributed by atoms with Crippen molar-refractivity contribution in [2.45, 2.75) is 52.4 Å². The van der Waals surface area contributed by atoms with Crippen LogP contribution in [0.25, 0.3) is 0 Å². The van der Waals surface area contributed by atoms with Crippen molar-refractivity contribution in [3.63, 3.8) is 0 Å². The van der Waals surface area contributed by atoms with Crippen LogP contribution in [-0.4, -0.2) is 0 Å². The van der Waals surface area contributed by atoms with Gasteiger partial charge >= 0.3 is 0 Å². The fraction of sp³-hybridized carbons (Fsp3) is 1.00. The number of hydrogen-bond donors (Lipinski definition) is 0. The van der Waals surface area contributed by atoms with Crippen LogP contribution in [0.1, 0.15) is 52.4 Å². The Morgan fingerprint density at radius 3 is 2.45 bits per heavy atom. The van der Waals surface area contributed by atoms with E-state index >= 15 is 0 Å². The molecule has 2 aliphatic carbocycles. The topological polar surface area (TPSA) is 0 Å². The molecular weight excluding hydrogens is 132 g/mol. The van der Waals surface area contributed by atoms with Crippen molar-refractivity contribution in [3.8, 4) is 0 Å². The van der Waals surface area contributed by atoms with Crippen LogP contribution in [0.3, 0.4) is 0 Å². The Morgan fingerprint density at radius 1 is 1.00 bits per heavy atom. The molecule has 0 N–H and O–H groups in total. The predicted molar refractivity (Wildman–Crippen MR) is 48.5 cm³/mol. The summed E-state index contributed by atoms with van der Waals surface area (Å²) in [7, 11) is 0.